The summed E-state index contributed by atoms with van der Waals surface area (Å²) >= 11 is 0. The van der Waals surface area contributed by atoms with Crippen molar-refractivity contribution in [2.45, 2.75) is 72.4 Å². The zero-order valence-corrected chi connectivity index (χ0v) is 16.8. The molecule has 0 aliphatic heterocycles. The zero-order chi connectivity index (χ0) is 19.1. The van der Waals surface area contributed by atoms with E-state index in [1.54, 1.807) is 0 Å². The lowest BCUT2D eigenvalue weighted by Gasteiger charge is -2.07. The van der Waals surface area contributed by atoms with Crippen LogP contribution >= 0.6 is 0 Å². The standard InChI is InChI=1S/C20H32N5O/c1-15(2)24-17(5)25(16(3)4)20-14-18(10-11-19(20)24)26-13-9-7-6-8-12-22-23-21/h10-11,14-16H,6-9,12-13H2,1-5H3/q+1. The summed E-state index contributed by atoms with van der Waals surface area (Å²) in [5.74, 6) is 2.21. The van der Waals surface area contributed by atoms with Gasteiger partial charge in [0.1, 0.15) is 5.75 Å². The Morgan fingerprint density at radius 2 is 1.88 bits per heavy atom. The second kappa shape index (κ2) is 9.48. The highest BCUT2D eigenvalue weighted by molar-refractivity contribution is 5.74. The molecule has 6 nitrogen and oxygen atoms in total. The van der Waals surface area contributed by atoms with Crippen LogP contribution in [0.25, 0.3) is 21.5 Å². The molecule has 1 aromatic heterocycles. The molecule has 0 spiro atoms. The lowest BCUT2D eigenvalue weighted by atomic mass is 10.2. The maximum atomic E-state index is 8.25. The van der Waals surface area contributed by atoms with Crippen molar-refractivity contribution >= 4 is 11.0 Å². The molecule has 0 amide bonds. The van der Waals surface area contributed by atoms with Gasteiger partial charge in [0, 0.05) is 24.4 Å². The Balaban J connectivity index is 2.04. The van der Waals surface area contributed by atoms with Crippen LogP contribution < -0.4 is 9.30 Å². The van der Waals surface area contributed by atoms with Crippen molar-refractivity contribution in [2.24, 2.45) is 5.11 Å². The van der Waals surface area contributed by atoms with Crippen LogP contribution in [-0.4, -0.2) is 17.7 Å². The smallest absolute Gasteiger partial charge is 0.254 e. The van der Waals surface area contributed by atoms with Crippen LogP contribution in [0, 0.1) is 6.92 Å². The Morgan fingerprint density at radius 1 is 1.15 bits per heavy atom. The van der Waals surface area contributed by atoms with Gasteiger partial charge in [0.05, 0.1) is 18.7 Å². The third-order valence-electron chi connectivity index (χ3n) is 4.68. The number of hydrogen-bond donors (Lipinski definition) is 0. The van der Waals surface area contributed by atoms with E-state index in [4.69, 9.17) is 10.3 Å². The number of nitrogens with zero attached hydrogens (tertiary/aromatic N) is 5. The fourth-order valence-electron chi connectivity index (χ4n) is 3.63. The van der Waals surface area contributed by atoms with E-state index >= 15 is 0 Å². The predicted octanol–water partition coefficient (Wildman–Crippen LogP) is 5.65. The van der Waals surface area contributed by atoms with Gasteiger partial charge in [-0.05, 0) is 58.2 Å². The number of rotatable bonds is 10. The average molecular weight is 359 g/mol. The van der Waals surface area contributed by atoms with E-state index < -0.39 is 0 Å². The molecule has 0 bridgehead atoms. The first kappa shape index (κ1) is 20.1. The lowest BCUT2D eigenvalue weighted by molar-refractivity contribution is -0.698. The van der Waals surface area contributed by atoms with Crippen molar-refractivity contribution in [1.82, 2.24) is 4.57 Å². The minimum atomic E-state index is 0.406. The van der Waals surface area contributed by atoms with Crippen LogP contribution in [0.3, 0.4) is 0 Å². The summed E-state index contributed by atoms with van der Waals surface area (Å²) in [6.07, 6.45) is 4.14. The van der Waals surface area contributed by atoms with Crippen molar-refractivity contribution in [2.75, 3.05) is 13.2 Å². The first-order valence-corrected chi connectivity index (χ1v) is 9.67. The predicted molar refractivity (Wildman–Crippen MR) is 106 cm³/mol. The van der Waals surface area contributed by atoms with Gasteiger partial charge in [0.25, 0.3) is 5.82 Å². The summed E-state index contributed by atoms with van der Waals surface area (Å²) in [6, 6.07) is 7.25. The summed E-state index contributed by atoms with van der Waals surface area (Å²) < 4.78 is 10.8. The number of hydrogen-bond acceptors (Lipinski definition) is 2. The number of ether oxygens (including phenoxy) is 1. The Kier molecular flexibility index (Phi) is 7.34. The topological polar surface area (TPSA) is 66.8 Å². The van der Waals surface area contributed by atoms with Crippen molar-refractivity contribution < 1.29 is 9.30 Å². The second-order valence-corrected chi connectivity index (χ2v) is 7.34. The van der Waals surface area contributed by atoms with E-state index in [1.807, 2.05) is 0 Å². The Hall–Kier alpha value is -2.20. The van der Waals surface area contributed by atoms with E-state index in [2.05, 4.69) is 72.0 Å². The first-order chi connectivity index (χ1) is 12.5. The van der Waals surface area contributed by atoms with E-state index in [9.17, 15) is 0 Å². The molecule has 6 heteroatoms. The number of unbranched alkanes of at least 4 members (excludes halogenated alkanes) is 3. The van der Waals surface area contributed by atoms with Crippen molar-refractivity contribution in [3.63, 3.8) is 0 Å². The van der Waals surface area contributed by atoms with Gasteiger partial charge in [-0.15, -0.1) is 0 Å². The molecule has 1 heterocycles. The monoisotopic (exact) mass is 358 g/mol. The molecule has 0 unspecified atom stereocenters. The van der Waals surface area contributed by atoms with E-state index in [0.29, 0.717) is 18.6 Å². The number of azide groups is 1. The normalized spacial score (nSPS) is 11.3. The Bertz CT molecular complexity index is 772. The number of benzene rings is 1. The minimum Gasteiger partial charge on any atom is -0.493 e. The molecule has 0 aliphatic carbocycles. The quantitative estimate of drug-likeness (QED) is 0.178. The van der Waals surface area contributed by atoms with Gasteiger partial charge in [0.2, 0.25) is 0 Å². The molecule has 0 N–H and O–H groups in total. The molecule has 0 radical (unpaired) electrons. The highest BCUT2D eigenvalue weighted by Gasteiger charge is 2.25. The van der Waals surface area contributed by atoms with Gasteiger partial charge in [-0.25, -0.2) is 9.13 Å². The van der Waals surface area contributed by atoms with Gasteiger partial charge in [-0.3, -0.25) is 0 Å². The molecule has 0 saturated carbocycles. The summed E-state index contributed by atoms with van der Waals surface area (Å²) in [5.41, 5.74) is 10.7. The van der Waals surface area contributed by atoms with E-state index in [-0.39, 0.29) is 0 Å². The largest absolute Gasteiger partial charge is 0.493 e. The number of aromatic nitrogens is 2. The van der Waals surface area contributed by atoms with E-state index in [1.165, 1.54) is 16.9 Å². The molecule has 0 fully saturated rings. The fraction of sp³-hybridized carbons (Fsp3) is 0.650. The van der Waals surface area contributed by atoms with Gasteiger partial charge in [-0.2, -0.15) is 0 Å². The molecule has 2 rings (SSSR count). The molecule has 142 valence electrons. The minimum absolute atomic E-state index is 0.406. The van der Waals surface area contributed by atoms with Crippen molar-refractivity contribution in [3.8, 4) is 5.75 Å². The highest BCUT2D eigenvalue weighted by Crippen LogP contribution is 2.25. The SMILES string of the molecule is Cc1n(C(C)C)c2cc(OCCCCCCN=[N+]=[N-])ccc2[n+]1C(C)C. The van der Waals surface area contributed by atoms with Crippen molar-refractivity contribution in [1.29, 1.82) is 0 Å². The fourth-order valence-corrected chi connectivity index (χ4v) is 3.63. The zero-order valence-electron chi connectivity index (χ0n) is 16.8. The molecule has 0 aliphatic rings. The van der Waals surface area contributed by atoms with Gasteiger partial charge >= 0.3 is 0 Å². The van der Waals surface area contributed by atoms with Crippen LogP contribution in [0.15, 0.2) is 23.3 Å². The first-order valence-electron chi connectivity index (χ1n) is 9.67. The van der Waals surface area contributed by atoms with Crippen LogP contribution in [0.4, 0.5) is 0 Å². The summed E-state index contributed by atoms with van der Waals surface area (Å²) in [5, 5.41) is 3.55. The van der Waals surface area contributed by atoms with Gasteiger partial charge < -0.3 is 4.74 Å². The molecule has 0 atom stereocenters. The van der Waals surface area contributed by atoms with Crippen molar-refractivity contribution in [3.05, 3.63) is 34.5 Å². The molecule has 1 aromatic carbocycles. The third-order valence-corrected chi connectivity index (χ3v) is 4.68. The van der Waals surface area contributed by atoms with Crippen LogP contribution in [-0.2, 0) is 0 Å². The molecular formula is C20H32N5O+. The Morgan fingerprint density at radius 3 is 2.54 bits per heavy atom. The highest BCUT2D eigenvalue weighted by atomic mass is 16.5. The van der Waals surface area contributed by atoms with Gasteiger partial charge in [0.15, 0.2) is 11.0 Å². The Labute approximate surface area is 156 Å². The van der Waals surface area contributed by atoms with E-state index in [0.717, 1.165) is 38.0 Å². The van der Waals surface area contributed by atoms with Crippen LogP contribution in [0.1, 0.15) is 71.3 Å². The second-order valence-electron chi connectivity index (χ2n) is 7.34. The van der Waals surface area contributed by atoms with Crippen LogP contribution in [0.2, 0.25) is 0 Å². The summed E-state index contributed by atoms with van der Waals surface area (Å²) in [6.45, 7) is 12.4. The molecule has 26 heavy (non-hydrogen) atoms. The number of imidazole rings is 1. The third kappa shape index (κ3) is 4.70. The van der Waals surface area contributed by atoms with Crippen LogP contribution in [0.5, 0.6) is 5.75 Å². The summed E-state index contributed by atoms with van der Waals surface area (Å²) in [4.78, 5) is 2.77. The summed E-state index contributed by atoms with van der Waals surface area (Å²) in [7, 11) is 0. The molecule has 0 saturated heterocycles. The lowest BCUT2D eigenvalue weighted by Crippen LogP contribution is -2.38. The number of fused-ring (bicyclic) bond motifs is 1. The molecule has 2 aromatic rings. The average Bonchev–Trinajstić information content (AvgIpc) is 2.88. The molecular weight excluding hydrogens is 326 g/mol. The van der Waals surface area contributed by atoms with Gasteiger partial charge in [-0.1, -0.05) is 18.0 Å². The maximum absolute atomic E-state index is 8.25. The maximum Gasteiger partial charge on any atom is 0.254 e.